The van der Waals surface area contributed by atoms with E-state index in [0.29, 0.717) is 18.5 Å². The number of nitrogens with one attached hydrogen (secondary N) is 2. The van der Waals surface area contributed by atoms with Crippen molar-refractivity contribution >= 4 is 154 Å². The molecule has 0 saturated carbocycles. The Balaban J connectivity index is 1.40. The smallest absolute Gasteiger partial charge is 0.263 e. The third-order valence-corrected chi connectivity index (χ3v) is 11.8. The Hall–Kier alpha value is -1.12. The van der Waals surface area contributed by atoms with Gasteiger partial charge in [0.1, 0.15) is 8.64 Å². The third-order valence-electron chi connectivity index (χ3n) is 4.31. The van der Waals surface area contributed by atoms with E-state index in [2.05, 4.69) is 22.8 Å². The lowest BCUT2D eigenvalue weighted by Gasteiger charge is -1.89. The van der Waals surface area contributed by atoms with Crippen LogP contribution in [-0.4, -0.2) is 20.5 Å². The first-order chi connectivity index (χ1) is 14.4. The first-order valence-electron chi connectivity index (χ1n) is 8.33. The third kappa shape index (κ3) is 3.21. The van der Waals surface area contributed by atoms with Crippen LogP contribution >= 0.6 is 93.3 Å². The van der Waals surface area contributed by atoms with E-state index in [-0.39, 0.29) is 11.8 Å². The lowest BCUT2D eigenvalue weighted by atomic mass is 10.3. The predicted octanol–water partition coefficient (Wildman–Crippen LogP) is 6.37. The zero-order valence-corrected chi connectivity index (χ0v) is 20.9. The van der Waals surface area contributed by atoms with Crippen LogP contribution in [0.25, 0.3) is 40.4 Å². The summed E-state index contributed by atoms with van der Waals surface area (Å²) in [5.74, 6) is -0.250. The summed E-state index contributed by atoms with van der Waals surface area (Å²) in [5.41, 5.74) is 0. The fourth-order valence-corrected chi connectivity index (χ4v) is 10.9. The molecule has 0 bridgehead atoms. The molecular weight excluding hydrogens is 533 g/mol. The molecule has 4 aromatic rings. The van der Waals surface area contributed by atoms with Gasteiger partial charge in [-0.15, -0.1) is 45.3 Å². The van der Waals surface area contributed by atoms with Crippen molar-refractivity contribution in [2.24, 2.45) is 0 Å². The van der Waals surface area contributed by atoms with Crippen molar-refractivity contribution in [2.45, 2.75) is 0 Å². The van der Waals surface area contributed by atoms with Crippen LogP contribution in [0.3, 0.4) is 0 Å². The van der Waals surface area contributed by atoms with Gasteiger partial charge in [0, 0.05) is 19.2 Å². The SMILES string of the molecule is O=C1NC(=S)S/C1=C/c1cc2sc3c4sc(/C=C5/SC(=S)NC5=O)cc4sc3c2s1. The summed E-state index contributed by atoms with van der Waals surface area (Å²) in [6.07, 6.45) is 3.83. The molecule has 2 saturated heterocycles. The molecule has 12 heteroatoms. The molecule has 4 aromatic heterocycles. The second-order valence-electron chi connectivity index (χ2n) is 6.25. The molecule has 2 aliphatic rings. The lowest BCUT2D eigenvalue weighted by Crippen LogP contribution is -2.17. The van der Waals surface area contributed by atoms with Crippen LogP contribution in [-0.2, 0) is 9.59 Å². The maximum atomic E-state index is 11.9. The van der Waals surface area contributed by atoms with E-state index in [1.807, 2.05) is 12.2 Å². The quantitative estimate of drug-likeness (QED) is 0.228. The summed E-state index contributed by atoms with van der Waals surface area (Å²) in [7, 11) is 0. The fourth-order valence-electron chi connectivity index (χ4n) is 3.11. The van der Waals surface area contributed by atoms with Crippen LogP contribution in [0, 0.1) is 0 Å². The van der Waals surface area contributed by atoms with Gasteiger partial charge in [0.15, 0.2) is 0 Å². The van der Waals surface area contributed by atoms with Gasteiger partial charge in [0.25, 0.3) is 11.8 Å². The van der Waals surface area contributed by atoms with Crippen LogP contribution in [0.4, 0.5) is 0 Å². The number of carbonyl (C=O) groups is 2. The molecule has 2 fully saturated rings. The lowest BCUT2D eigenvalue weighted by molar-refractivity contribution is -0.116. The first kappa shape index (κ1) is 19.6. The molecule has 148 valence electrons. The minimum atomic E-state index is -0.125. The highest BCUT2D eigenvalue weighted by atomic mass is 32.2. The van der Waals surface area contributed by atoms with Gasteiger partial charge < -0.3 is 10.6 Å². The van der Waals surface area contributed by atoms with Crippen molar-refractivity contribution in [1.29, 1.82) is 0 Å². The zero-order valence-electron chi connectivity index (χ0n) is 14.4. The summed E-state index contributed by atoms with van der Waals surface area (Å²) >= 11 is 19.7. The van der Waals surface area contributed by atoms with Crippen LogP contribution in [0.15, 0.2) is 21.9 Å². The van der Waals surface area contributed by atoms with Crippen LogP contribution in [0.5, 0.6) is 0 Å². The molecule has 0 radical (unpaired) electrons. The molecule has 2 amide bonds. The average Bonchev–Trinajstić information content (AvgIpc) is 3.45. The van der Waals surface area contributed by atoms with E-state index < -0.39 is 0 Å². The summed E-state index contributed by atoms with van der Waals surface area (Å²) in [4.78, 5) is 27.2. The van der Waals surface area contributed by atoms with E-state index in [4.69, 9.17) is 24.4 Å². The summed E-state index contributed by atoms with van der Waals surface area (Å²) in [6, 6.07) is 4.28. The molecule has 2 aliphatic heterocycles. The zero-order chi connectivity index (χ0) is 20.6. The van der Waals surface area contributed by atoms with Crippen molar-refractivity contribution in [1.82, 2.24) is 10.6 Å². The van der Waals surface area contributed by atoms with Gasteiger partial charge in [-0.1, -0.05) is 48.0 Å². The number of hydrogen-bond donors (Lipinski definition) is 2. The average molecular weight is 539 g/mol. The Bertz CT molecular complexity index is 1410. The molecular formula is C18H6N2O2S8. The van der Waals surface area contributed by atoms with Crippen LogP contribution in [0.1, 0.15) is 9.75 Å². The first-order valence-corrected chi connectivity index (χ1v) is 14.0. The number of carbonyl (C=O) groups excluding carboxylic acids is 2. The van der Waals surface area contributed by atoms with E-state index in [9.17, 15) is 9.59 Å². The minimum Gasteiger partial charge on any atom is -0.307 e. The number of thiocarbonyl (C=S) groups is 2. The highest BCUT2D eigenvalue weighted by Gasteiger charge is 2.24. The van der Waals surface area contributed by atoms with Gasteiger partial charge >= 0.3 is 0 Å². The number of thiophene rings is 4. The number of rotatable bonds is 2. The van der Waals surface area contributed by atoms with Crippen molar-refractivity contribution < 1.29 is 9.59 Å². The van der Waals surface area contributed by atoms with Crippen molar-refractivity contribution in [3.8, 4) is 0 Å². The molecule has 0 unspecified atom stereocenters. The highest BCUT2D eigenvalue weighted by molar-refractivity contribution is 8.27. The molecule has 0 aromatic carbocycles. The molecule has 6 rings (SSSR count). The van der Waals surface area contributed by atoms with E-state index in [1.54, 1.807) is 45.3 Å². The molecule has 0 atom stereocenters. The number of thioether (sulfide) groups is 2. The van der Waals surface area contributed by atoms with Crippen molar-refractivity contribution in [3.63, 3.8) is 0 Å². The fraction of sp³-hybridized carbons (Fsp3) is 0. The standard InChI is InChI=1S/C18H6N2O2S8/c21-15-9(29-17(23)19-15)3-5-1-7-11(25-5)13-14(27-7)12-8(28-13)2-6(26-12)4-10-16(22)20-18(24)30-10/h1-4H,(H,19,21,23)(H,20,22,24)/b9-3+,10-4+. The minimum absolute atomic E-state index is 0.125. The van der Waals surface area contributed by atoms with Crippen molar-refractivity contribution in [2.75, 3.05) is 0 Å². The number of amides is 2. The van der Waals surface area contributed by atoms with Gasteiger partial charge in [-0.3, -0.25) is 9.59 Å². The molecule has 0 aliphatic carbocycles. The topological polar surface area (TPSA) is 58.2 Å². The van der Waals surface area contributed by atoms with Crippen molar-refractivity contribution in [3.05, 3.63) is 31.7 Å². The van der Waals surface area contributed by atoms with Crippen LogP contribution < -0.4 is 10.6 Å². The molecule has 2 N–H and O–H groups in total. The largest absolute Gasteiger partial charge is 0.307 e. The van der Waals surface area contributed by atoms with Gasteiger partial charge in [-0.25, -0.2) is 0 Å². The number of fused-ring (bicyclic) bond motifs is 5. The molecule has 4 nitrogen and oxygen atoms in total. The maximum absolute atomic E-state index is 11.9. The Morgan fingerprint density at radius 3 is 1.47 bits per heavy atom. The maximum Gasteiger partial charge on any atom is 0.263 e. The van der Waals surface area contributed by atoms with Gasteiger partial charge in [-0.2, -0.15) is 0 Å². The monoisotopic (exact) mass is 538 g/mol. The highest BCUT2D eigenvalue weighted by Crippen LogP contribution is 2.50. The second-order valence-corrected chi connectivity index (χ2v) is 14.0. The van der Waals surface area contributed by atoms with Crippen LogP contribution in [0.2, 0.25) is 0 Å². The van der Waals surface area contributed by atoms with Gasteiger partial charge in [0.05, 0.1) is 28.6 Å². The van der Waals surface area contributed by atoms with E-state index in [1.165, 1.54) is 51.7 Å². The molecule has 0 spiro atoms. The van der Waals surface area contributed by atoms with E-state index in [0.717, 1.165) is 9.75 Å². The van der Waals surface area contributed by atoms with E-state index >= 15 is 0 Å². The molecule has 6 heterocycles. The Morgan fingerprint density at radius 2 is 1.10 bits per heavy atom. The Labute approximate surface area is 204 Å². The summed E-state index contributed by atoms with van der Waals surface area (Å²) in [6.45, 7) is 0. The summed E-state index contributed by atoms with van der Waals surface area (Å²) in [5, 5.41) is 5.31. The predicted molar refractivity (Wildman–Crippen MR) is 143 cm³/mol. The normalized spacial score (nSPS) is 20.0. The second kappa shape index (κ2) is 7.20. The Kier molecular flexibility index (Phi) is 4.70. The summed E-state index contributed by atoms with van der Waals surface area (Å²) < 4.78 is 8.57. The Morgan fingerprint density at radius 1 is 0.667 bits per heavy atom. The van der Waals surface area contributed by atoms with Gasteiger partial charge in [0.2, 0.25) is 0 Å². The van der Waals surface area contributed by atoms with Gasteiger partial charge in [-0.05, 0) is 24.3 Å². The molecule has 30 heavy (non-hydrogen) atoms. The number of hydrogen-bond acceptors (Lipinski definition) is 10.